The van der Waals surface area contributed by atoms with Crippen molar-refractivity contribution in [3.8, 4) is 0 Å². The van der Waals surface area contributed by atoms with Gasteiger partial charge >= 0.3 is 0 Å². The summed E-state index contributed by atoms with van der Waals surface area (Å²) in [6.45, 7) is 1.46. The lowest BCUT2D eigenvalue weighted by molar-refractivity contribution is 0.0948. The Morgan fingerprint density at radius 1 is 1.03 bits per heavy atom. The lowest BCUT2D eigenvalue weighted by Gasteiger charge is -2.19. The van der Waals surface area contributed by atoms with E-state index in [1.807, 2.05) is 36.4 Å². The fourth-order valence-corrected chi connectivity index (χ4v) is 3.75. The Hall–Kier alpha value is -3.61. The topological polar surface area (TPSA) is 78.7 Å². The molecule has 166 valence electrons. The largest absolute Gasteiger partial charge is 0.467 e. The van der Waals surface area contributed by atoms with Crippen LogP contribution in [-0.4, -0.2) is 25.5 Å². The molecule has 1 aliphatic carbocycles. The molecule has 2 aromatic carbocycles. The average Bonchev–Trinajstić information content (AvgIpc) is 3.42. The van der Waals surface area contributed by atoms with E-state index in [0.29, 0.717) is 36.9 Å². The van der Waals surface area contributed by atoms with Gasteiger partial charge in [0.1, 0.15) is 11.6 Å². The fourth-order valence-electron chi connectivity index (χ4n) is 3.75. The van der Waals surface area contributed by atoms with Gasteiger partial charge in [-0.3, -0.25) is 9.79 Å². The zero-order chi connectivity index (χ0) is 22.4. The summed E-state index contributed by atoms with van der Waals surface area (Å²) >= 11 is 0. The quantitative estimate of drug-likeness (QED) is 0.373. The fraction of sp³-hybridized carbons (Fsp3) is 0.280. The summed E-state index contributed by atoms with van der Waals surface area (Å²) in [5, 5.41) is 9.44. The highest BCUT2D eigenvalue weighted by Gasteiger charge is 2.45. The number of amides is 1. The number of guanidine groups is 1. The molecule has 0 spiro atoms. The van der Waals surface area contributed by atoms with Crippen molar-refractivity contribution < 1.29 is 13.6 Å². The van der Waals surface area contributed by atoms with E-state index in [9.17, 15) is 9.18 Å². The zero-order valence-electron chi connectivity index (χ0n) is 18.0. The van der Waals surface area contributed by atoms with Crippen LogP contribution in [0.3, 0.4) is 0 Å². The first-order chi connectivity index (χ1) is 15.6. The van der Waals surface area contributed by atoms with E-state index in [-0.39, 0.29) is 17.1 Å². The molecule has 1 aliphatic rings. The lowest BCUT2D eigenvalue weighted by atomic mass is 9.95. The number of rotatable bonds is 8. The van der Waals surface area contributed by atoms with Crippen LogP contribution in [-0.2, 0) is 18.5 Å². The summed E-state index contributed by atoms with van der Waals surface area (Å²) in [6, 6.07) is 18.0. The van der Waals surface area contributed by atoms with E-state index in [4.69, 9.17) is 4.42 Å². The van der Waals surface area contributed by atoms with Crippen molar-refractivity contribution >= 4 is 11.9 Å². The molecule has 3 aromatic rings. The number of carbonyl (C=O) groups is 1. The maximum atomic E-state index is 14.2. The van der Waals surface area contributed by atoms with Crippen LogP contribution in [0.15, 0.2) is 76.3 Å². The molecule has 0 saturated heterocycles. The standard InChI is InChI=1S/C25H27FN4O2/c1-27-24(30-17-25(11-12-25)21-9-2-3-10-22(21)26)29-15-18-6-4-7-19(14-18)23(31)28-16-20-8-5-13-32-20/h2-10,13-14H,11-12,15-17H2,1H3,(H,28,31)(H2,27,29,30). The number of hydrogen-bond donors (Lipinski definition) is 3. The number of carbonyl (C=O) groups excluding carboxylic acids is 1. The second kappa shape index (κ2) is 9.68. The molecule has 1 aromatic heterocycles. The molecule has 7 heteroatoms. The molecule has 1 fully saturated rings. The van der Waals surface area contributed by atoms with Gasteiger partial charge in [0.25, 0.3) is 5.91 Å². The molecular weight excluding hydrogens is 407 g/mol. The molecular formula is C25H27FN4O2. The number of nitrogens with zero attached hydrogens (tertiary/aromatic N) is 1. The van der Waals surface area contributed by atoms with Crippen molar-refractivity contribution in [3.05, 3.63) is 95.2 Å². The molecule has 0 radical (unpaired) electrons. The van der Waals surface area contributed by atoms with E-state index in [0.717, 1.165) is 24.0 Å². The molecule has 1 heterocycles. The first kappa shape index (κ1) is 21.6. The van der Waals surface area contributed by atoms with Gasteiger partial charge in [-0.25, -0.2) is 4.39 Å². The molecule has 4 rings (SSSR count). The van der Waals surface area contributed by atoms with Gasteiger partial charge < -0.3 is 20.4 Å². The van der Waals surface area contributed by atoms with Crippen LogP contribution in [0.1, 0.15) is 40.1 Å². The number of nitrogens with one attached hydrogen (secondary N) is 3. The van der Waals surface area contributed by atoms with Crippen LogP contribution in [0.5, 0.6) is 0 Å². The first-order valence-corrected chi connectivity index (χ1v) is 10.7. The Morgan fingerprint density at radius 2 is 1.88 bits per heavy atom. The average molecular weight is 435 g/mol. The maximum absolute atomic E-state index is 14.2. The third-order valence-electron chi connectivity index (χ3n) is 5.77. The molecule has 1 amide bonds. The van der Waals surface area contributed by atoms with Gasteiger partial charge in [-0.05, 0) is 54.3 Å². The van der Waals surface area contributed by atoms with E-state index < -0.39 is 0 Å². The van der Waals surface area contributed by atoms with Crippen molar-refractivity contribution in [2.75, 3.05) is 13.6 Å². The highest BCUT2D eigenvalue weighted by Crippen LogP contribution is 2.48. The normalized spacial score (nSPS) is 14.6. The summed E-state index contributed by atoms with van der Waals surface area (Å²) in [6.07, 6.45) is 3.48. The number of furan rings is 1. The monoisotopic (exact) mass is 434 g/mol. The van der Waals surface area contributed by atoms with Crippen molar-refractivity contribution in [2.24, 2.45) is 4.99 Å². The summed E-state index contributed by atoms with van der Waals surface area (Å²) < 4.78 is 19.5. The van der Waals surface area contributed by atoms with Crippen LogP contribution in [0, 0.1) is 5.82 Å². The second-order valence-corrected chi connectivity index (χ2v) is 8.00. The number of benzene rings is 2. The van der Waals surface area contributed by atoms with Crippen molar-refractivity contribution in [2.45, 2.75) is 31.3 Å². The minimum absolute atomic E-state index is 0.156. The van der Waals surface area contributed by atoms with E-state index in [2.05, 4.69) is 20.9 Å². The Kier molecular flexibility index (Phi) is 6.54. The van der Waals surface area contributed by atoms with Gasteiger partial charge in [0.05, 0.1) is 12.8 Å². The summed E-state index contributed by atoms with van der Waals surface area (Å²) in [5.41, 5.74) is 2.12. The van der Waals surface area contributed by atoms with Crippen molar-refractivity contribution in [1.29, 1.82) is 0 Å². The molecule has 32 heavy (non-hydrogen) atoms. The molecule has 0 bridgehead atoms. The van der Waals surface area contributed by atoms with Gasteiger partial charge in [-0.2, -0.15) is 0 Å². The Morgan fingerprint density at radius 3 is 2.59 bits per heavy atom. The summed E-state index contributed by atoms with van der Waals surface area (Å²) in [4.78, 5) is 16.7. The molecule has 6 nitrogen and oxygen atoms in total. The predicted octanol–water partition coefficient (Wildman–Crippen LogP) is 3.75. The van der Waals surface area contributed by atoms with E-state index >= 15 is 0 Å². The summed E-state index contributed by atoms with van der Waals surface area (Å²) in [7, 11) is 1.70. The molecule has 0 unspecified atom stereocenters. The SMILES string of the molecule is CN=C(NCc1cccc(C(=O)NCc2ccco2)c1)NCC1(c2ccccc2F)CC1. The highest BCUT2D eigenvalue weighted by atomic mass is 19.1. The van der Waals surface area contributed by atoms with Crippen LogP contribution in [0.25, 0.3) is 0 Å². The molecule has 3 N–H and O–H groups in total. The third kappa shape index (κ3) is 5.17. The molecule has 0 atom stereocenters. The Balaban J connectivity index is 1.30. The van der Waals surface area contributed by atoms with Gasteiger partial charge in [-0.1, -0.05) is 30.3 Å². The smallest absolute Gasteiger partial charge is 0.251 e. The first-order valence-electron chi connectivity index (χ1n) is 10.7. The van der Waals surface area contributed by atoms with Gasteiger partial charge in [0, 0.05) is 31.1 Å². The number of aliphatic imine (C=N–C) groups is 1. The Bertz CT molecular complexity index is 1090. The van der Waals surface area contributed by atoms with Crippen LogP contribution in [0.4, 0.5) is 4.39 Å². The van der Waals surface area contributed by atoms with Crippen molar-refractivity contribution in [1.82, 2.24) is 16.0 Å². The number of hydrogen-bond acceptors (Lipinski definition) is 3. The van der Waals surface area contributed by atoms with Gasteiger partial charge in [-0.15, -0.1) is 0 Å². The van der Waals surface area contributed by atoms with Crippen molar-refractivity contribution in [3.63, 3.8) is 0 Å². The van der Waals surface area contributed by atoms with Crippen LogP contribution >= 0.6 is 0 Å². The van der Waals surface area contributed by atoms with Crippen LogP contribution < -0.4 is 16.0 Å². The summed E-state index contributed by atoms with van der Waals surface area (Å²) in [5.74, 6) is 1.03. The molecule has 0 aliphatic heterocycles. The predicted molar refractivity (Wildman–Crippen MR) is 122 cm³/mol. The van der Waals surface area contributed by atoms with E-state index in [1.54, 1.807) is 31.5 Å². The molecule has 1 saturated carbocycles. The minimum Gasteiger partial charge on any atom is -0.467 e. The van der Waals surface area contributed by atoms with Gasteiger partial charge in [0.2, 0.25) is 0 Å². The lowest BCUT2D eigenvalue weighted by Crippen LogP contribution is -2.41. The third-order valence-corrected chi connectivity index (χ3v) is 5.77. The van der Waals surface area contributed by atoms with Crippen LogP contribution in [0.2, 0.25) is 0 Å². The zero-order valence-corrected chi connectivity index (χ0v) is 18.0. The Labute approximate surface area is 186 Å². The van der Waals surface area contributed by atoms with E-state index in [1.165, 1.54) is 6.07 Å². The second-order valence-electron chi connectivity index (χ2n) is 8.00. The minimum atomic E-state index is -0.172. The maximum Gasteiger partial charge on any atom is 0.251 e. The highest BCUT2D eigenvalue weighted by molar-refractivity contribution is 5.94. The number of halogens is 1. The van der Waals surface area contributed by atoms with Gasteiger partial charge in [0.15, 0.2) is 5.96 Å².